The second-order valence-corrected chi connectivity index (χ2v) is 9.06. The van der Waals surface area contributed by atoms with E-state index < -0.39 is 14.9 Å². The second kappa shape index (κ2) is 9.13. The number of nitrogens with one attached hydrogen (secondary N) is 1. The van der Waals surface area contributed by atoms with Crippen molar-refractivity contribution in [1.82, 2.24) is 4.90 Å². The fourth-order valence-electron chi connectivity index (χ4n) is 3.34. The number of nitrogens with zero attached hydrogens (tertiary/aromatic N) is 3. The SMILES string of the molecule is CS(=O)(=O)Nc1ccc(CN=C(N)[C@@H]2CCC(=O)N2Cc2ccc([N+](=O)[O-])cc2)cc1. The van der Waals surface area contributed by atoms with Crippen LogP contribution in [0.4, 0.5) is 11.4 Å². The largest absolute Gasteiger partial charge is 0.386 e. The molecule has 1 atom stereocenters. The van der Waals surface area contributed by atoms with Gasteiger partial charge in [-0.15, -0.1) is 0 Å². The van der Waals surface area contributed by atoms with Gasteiger partial charge < -0.3 is 10.6 Å². The first-order valence-electron chi connectivity index (χ1n) is 9.52. The van der Waals surface area contributed by atoms with Gasteiger partial charge in [0.2, 0.25) is 15.9 Å². The maximum Gasteiger partial charge on any atom is 0.269 e. The van der Waals surface area contributed by atoms with Gasteiger partial charge in [0.15, 0.2) is 0 Å². The topological polar surface area (TPSA) is 148 Å². The molecule has 11 heteroatoms. The average molecular weight is 446 g/mol. The molecule has 1 amide bonds. The molecule has 1 aliphatic heterocycles. The number of carbonyl (C=O) groups excluding carboxylic acids is 1. The quantitative estimate of drug-likeness (QED) is 0.275. The number of nitro benzene ring substituents is 1. The Labute approximate surface area is 180 Å². The lowest BCUT2D eigenvalue weighted by Gasteiger charge is -2.24. The number of likely N-dealkylation sites (tertiary alicyclic amines) is 1. The molecule has 3 N–H and O–H groups in total. The van der Waals surface area contributed by atoms with E-state index >= 15 is 0 Å². The Morgan fingerprint density at radius 3 is 2.39 bits per heavy atom. The highest BCUT2D eigenvalue weighted by atomic mass is 32.2. The number of sulfonamides is 1. The van der Waals surface area contributed by atoms with Gasteiger partial charge in [0.25, 0.3) is 5.69 Å². The summed E-state index contributed by atoms with van der Waals surface area (Å²) < 4.78 is 24.9. The standard InChI is InChI=1S/C20H23N5O5S/c1-31(29,30)23-16-6-2-14(3-7-16)12-22-20(21)18-10-11-19(26)24(18)13-15-4-8-17(9-5-15)25(27)28/h2-9,18,23H,10-13H2,1H3,(H2,21,22)/t18-/m0/s1. The maximum atomic E-state index is 12.3. The number of hydrogen-bond acceptors (Lipinski definition) is 6. The fourth-order valence-corrected chi connectivity index (χ4v) is 3.90. The molecule has 164 valence electrons. The van der Waals surface area contributed by atoms with E-state index in [4.69, 9.17) is 5.73 Å². The summed E-state index contributed by atoms with van der Waals surface area (Å²) in [4.78, 5) is 28.7. The minimum absolute atomic E-state index is 0.00752. The molecule has 0 aliphatic carbocycles. The van der Waals surface area contributed by atoms with Crippen LogP contribution in [0, 0.1) is 10.1 Å². The number of non-ortho nitro benzene ring substituents is 1. The van der Waals surface area contributed by atoms with Gasteiger partial charge in [-0.2, -0.15) is 0 Å². The van der Waals surface area contributed by atoms with Gasteiger partial charge in [-0.1, -0.05) is 24.3 Å². The van der Waals surface area contributed by atoms with E-state index in [1.165, 1.54) is 12.1 Å². The number of anilines is 1. The highest BCUT2D eigenvalue weighted by molar-refractivity contribution is 7.92. The molecule has 0 radical (unpaired) electrons. The van der Waals surface area contributed by atoms with Crippen molar-refractivity contribution < 1.29 is 18.1 Å². The van der Waals surface area contributed by atoms with Gasteiger partial charge >= 0.3 is 0 Å². The van der Waals surface area contributed by atoms with E-state index in [2.05, 4.69) is 9.71 Å². The van der Waals surface area contributed by atoms with Crippen LogP contribution < -0.4 is 10.5 Å². The van der Waals surface area contributed by atoms with Crippen LogP contribution >= 0.6 is 0 Å². The predicted molar refractivity (Wildman–Crippen MR) is 117 cm³/mol. The fraction of sp³-hybridized carbons (Fsp3) is 0.300. The first-order chi connectivity index (χ1) is 14.6. The summed E-state index contributed by atoms with van der Waals surface area (Å²) in [7, 11) is -3.34. The monoisotopic (exact) mass is 445 g/mol. The smallest absolute Gasteiger partial charge is 0.269 e. The van der Waals surface area contributed by atoms with Crippen molar-refractivity contribution in [3.05, 3.63) is 69.8 Å². The summed E-state index contributed by atoms with van der Waals surface area (Å²) in [6.45, 7) is 0.588. The van der Waals surface area contributed by atoms with Crippen LogP contribution in [0.5, 0.6) is 0 Å². The molecule has 10 nitrogen and oxygen atoms in total. The molecule has 2 aromatic carbocycles. The van der Waals surface area contributed by atoms with Gasteiger partial charge in [-0.25, -0.2) is 8.42 Å². The Morgan fingerprint density at radius 1 is 1.19 bits per heavy atom. The first-order valence-corrected chi connectivity index (χ1v) is 11.4. The van der Waals surface area contributed by atoms with E-state index in [1.807, 2.05) is 0 Å². The van der Waals surface area contributed by atoms with Crippen LogP contribution in [0.2, 0.25) is 0 Å². The molecular formula is C20H23N5O5S. The zero-order chi connectivity index (χ0) is 22.6. The van der Waals surface area contributed by atoms with Gasteiger partial charge in [-0.3, -0.25) is 24.6 Å². The Morgan fingerprint density at radius 2 is 1.81 bits per heavy atom. The molecule has 0 saturated carbocycles. The molecular weight excluding hydrogens is 422 g/mol. The summed E-state index contributed by atoms with van der Waals surface area (Å²) in [6, 6.07) is 12.5. The van der Waals surface area contributed by atoms with E-state index in [1.54, 1.807) is 41.3 Å². The summed E-state index contributed by atoms with van der Waals surface area (Å²) in [5, 5.41) is 10.8. The Kier molecular flexibility index (Phi) is 6.54. The second-order valence-electron chi connectivity index (χ2n) is 7.31. The minimum Gasteiger partial charge on any atom is -0.386 e. The molecule has 1 saturated heterocycles. The molecule has 0 spiro atoms. The summed E-state index contributed by atoms with van der Waals surface area (Å²) >= 11 is 0. The van der Waals surface area contributed by atoms with Crippen molar-refractivity contribution in [3.8, 4) is 0 Å². The van der Waals surface area contributed by atoms with E-state index in [9.17, 15) is 23.3 Å². The lowest BCUT2D eigenvalue weighted by molar-refractivity contribution is -0.384. The number of nitrogens with two attached hydrogens (primary N) is 1. The number of aliphatic imine (C=N–C) groups is 1. The molecule has 1 fully saturated rings. The van der Waals surface area contributed by atoms with E-state index in [0.717, 1.165) is 17.4 Å². The third kappa shape index (κ3) is 6.01. The van der Waals surface area contributed by atoms with Crippen LogP contribution in [0.1, 0.15) is 24.0 Å². The summed E-state index contributed by atoms with van der Waals surface area (Å²) in [5.74, 6) is 0.295. The highest BCUT2D eigenvalue weighted by Crippen LogP contribution is 2.23. The summed E-state index contributed by atoms with van der Waals surface area (Å²) in [6.07, 6.45) is 2.00. The molecule has 1 heterocycles. The molecule has 2 aromatic rings. The Balaban J connectivity index is 1.66. The number of amidine groups is 1. The number of hydrogen-bond donors (Lipinski definition) is 2. The molecule has 0 unspecified atom stereocenters. The molecule has 31 heavy (non-hydrogen) atoms. The van der Waals surface area contributed by atoms with Gasteiger partial charge in [0, 0.05) is 30.8 Å². The van der Waals surface area contributed by atoms with Crippen LogP contribution in [-0.2, 0) is 27.9 Å². The molecule has 1 aliphatic rings. The van der Waals surface area contributed by atoms with Crippen molar-refractivity contribution in [2.24, 2.45) is 10.7 Å². The van der Waals surface area contributed by atoms with E-state index in [-0.39, 0.29) is 17.6 Å². The average Bonchev–Trinajstić information content (AvgIpc) is 3.07. The first kappa shape index (κ1) is 22.2. The highest BCUT2D eigenvalue weighted by Gasteiger charge is 2.33. The zero-order valence-electron chi connectivity index (χ0n) is 16.9. The molecule has 0 bridgehead atoms. The van der Waals surface area contributed by atoms with Crippen molar-refractivity contribution in [2.75, 3.05) is 11.0 Å². The number of carbonyl (C=O) groups is 1. The van der Waals surface area contributed by atoms with Gasteiger partial charge in [0.05, 0.1) is 23.8 Å². The normalized spacial score (nSPS) is 17.1. The van der Waals surface area contributed by atoms with Crippen molar-refractivity contribution in [1.29, 1.82) is 0 Å². The van der Waals surface area contributed by atoms with Crippen LogP contribution in [0.15, 0.2) is 53.5 Å². The predicted octanol–water partition coefficient (Wildman–Crippen LogP) is 2.01. The van der Waals surface area contributed by atoms with E-state index in [0.29, 0.717) is 37.5 Å². The van der Waals surface area contributed by atoms with Crippen molar-refractivity contribution in [3.63, 3.8) is 0 Å². The minimum atomic E-state index is -3.34. The van der Waals surface area contributed by atoms with Crippen LogP contribution in [0.3, 0.4) is 0 Å². The van der Waals surface area contributed by atoms with Gasteiger partial charge in [-0.05, 0) is 29.7 Å². The van der Waals surface area contributed by atoms with Crippen LogP contribution in [0.25, 0.3) is 0 Å². The number of amides is 1. The summed E-state index contributed by atoms with van der Waals surface area (Å²) in [5.41, 5.74) is 8.25. The maximum absolute atomic E-state index is 12.3. The third-order valence-corrected chi connectivity index (χ3v) is 5.48. The number of rotatable bonds is 8. The lowest BCUT2D eigenvalue weighted by atomic mass is 10.1. The third-order valence-electron chi connectivity index (χ3n) is 4.87. The molecule has 3 rings (SSSR count). The van der Waals surface area contributed by atoms with Crippen molar-refractivity contribution in [2.45, 2.75) is 32.0 Å². The Bertz CT molecular complexity index is 1100. The zero-order valence-corrected chi connectivity index (χ0v) is 17.7. The number of benzene rings is 2. The Hall–Kier alpha value is -3.47. The van der Waals surface area contributed by atoms with Crippen molar-refractivity contribution >= 4 is 33.1 Å². The van der Waals surface area contributed by atoms with Gasteiger partial charge in [0.1, 0.15) is 5.84 Å². The van der Waals surface area contributed by atoms with Crippen LogP contribution in [-0.4, -0.2) is 42.3 Å². The lowest BCUT2D eigenvalue weighted by Crippen LogP contribution is -2.42. The number of nitro groups is 1. The molecule has 0 aromatic heterocycles.